The molecule has 1 fully saturated rings. The highest BCUT2D eigenvalue weighted by Gasteiger charge is 2.31. The minimum absolute atomic E-state index is 0.0996. The second-order valence-corrected chi connectivity index (χ2v) is 4.93. The first-order chi connectivity index (χ1) is 7.58. The summed E-state index contributed by atoms with van der Waals surface area (Å²) in [6.45, 7) is 2.47. The van der Waals surface area contributed by atoms with Crippen LogP contribution in [0.15, 0.2) is 22.9 Å². The van der Waals surface area contributed by atoms with Gasteiger partial charge < -0.3 is 0 Å². The van der Waals surface area contributed by atoms with Gasteiger partial charge in [-0.1, -0.05) is 6.92 Å². The molecule has 16 heavy (non-hydrogen) atoms. The quantitative estimate of drug-likeness (QED) is 0.739. The Hall–Kier alpha value is -1.23. The van der Waals surface area contributed by atoms with Crippen LogP contribution >= 0.6 is 15.9 Å². The van der Waals surface area contributed by atoms with Gasteiger partial charge in [0.2, 0.25) is 5.91 Å². The van der Waals surface area contributed by atoms with Gasteiger partial charge >= 0.3 is 0 Å². The van der Waals surface area contributed by atoms with Gasteiger partial charge in [0.15, 0.2) is 0 Å². The molecule has 1 aliphatic rings. The number of rotatable bonds is 1. The Labute approximate surface area is 102 Å². The number of carbonyl (C=O) groups is 2. The number of likely N-dealkylation sites (tertiary alicyclic amines) is 1. The van der Waals surface area contributed by atoms with Gasteiger partial charge in [-0.15, -0.1) is 0 Å². The number of aromatic nitrogens is 1. The van der Waals surface area contributed by atoms with Crippen molar-refractivity contribution in [1.29, 1.82) is 0 Å². The maximum Gasteiger partial charge on any atom is 0.262 e. The first-order valence-corrected chi connectivity index (χ1v) is 5.82. The predicted octanol–water partition coefficient (Wildman–Crippen LogP) is 1.85. The fourth-order valence-corrected chi connectivity index (χ4v) is 2.13. The molecule has 0 aliphatic carbocycles. The molecule has 5 heteroatoms. The molecule has 1 aliphatic heterocycles. The Balaban J connectivity index is 2.23. The summed E-state index contributed by atoms with van der Waals surface area (Å²) in [4.78, 5) is 28.8. The molecule has 0 bridgehead atoms. The fraction of sp³-hybridized carbons (Fsp3) is 0.364. The standard InChI is InChI=1S/C11H11BrN2O2/c1-7-2-10(15)14(6-7)11(16)8-3-9(12)5-13-4-8/h3-5,7H,2,6H2,1H3. The summed E-state index contributed by atoms with van der Waals surface area (Å²) in [6.07, 6.45) is 3.53. The molecule has 0 saturated carbocycles. The normalized spacial score (nSPS) is 20.2. The van der Waals surface area contributed by atoms with Gasteiger partial charge in [0.1, 0.15) is 0 Å². The molecule has 2 rings (SSSR count). The second kappa shape index (κ2) is 4.33. The van der Waals surface area contributed by atoms with E-state index in [0.717, 1.165) is 4.47 Å². The second-order valence-electron chi connectivity index (χ2n) is 4.01. The van der Waals surface area contributed by atoms with E-state index in [1.54, 1.807) is 12.3 Å². The molecule has 1 aromatic heterocycles. The van der Waals surface area contributed by atoms with Gasteiger partial charge in [-0.2, -0.15) is 0 Å². The van der Waals surface area contributed by atoms with Crippen molar-refractivity contribution in [3.8, 4) is 0 Å². The van der Waals surface area contributed by atoms with Gasteiger partial charge in [0, 0.05) is 29.8 Å². The van der Waals surface area contributed by atoms with E-state index >= 15 is 0 Å². The van der Waals surface area contributed by atoms with E-state index in [9.17, 15) is 9.59 Å². The van der Waals surface area contributed by atoms with Crippen LogP contribution in [0.2, 0.25) is 0 Å². The highest BCUT2D eigenvalue weighted by molar-refractivity contribution is 9.10. The molecule has 0 N–H and O–H groups in total. The predicted molar refractivity (Wildman–Crippen MR) is 61.8 cm³/mol. The zero-order valence-corrected chi connectivity index (χ0v) is 10.4. The van der Waals surface area contributed by atoms with Crippen LogP contribution < -0.4 is 0 Å². The molecule has 0 spiro atoms. The molecule has 0 radical (unpaired) electrons. The molecule has 2 heterocycles. The van der Waals surface area contributed by atoms with E-state index in [4.69, 9.17) is 0 Å². The summed E-state index contributed by atoms with van der Waals surface area (Å²) >= 11 is 3.25. The summed E-state index contributed by atoms with van der Waals surface area (Å²) in [5.74, 6) is -0.114. The van der Waals surface area contributed by atoms with Crippen molar-refractivity contribution >= 4 is 27.7 Å². The maximum absolute atomic E-state index is 12.0. The van der Waals surface area contributed by atoms with E-state index in [0.29, 0.717) is 18.5 Å². The van der Waals surface area contributed by atoms with Gasteiger partial charge in [0.05, 0.1) is 5.56 Å². The van der Waals surface area contributed by atoms with Crippen LogP contribution in [0.25, 0.3) is 0 Å². The van der Waals surface area contributed by atoms with E-state index in [1.165, 1.54) is 11.1 Å². The molecule has 84 valence electrons. The third-order valence-corrected chi connectivity index (χ3v) is 2.95. The highest BCUT2D eigenvalue weighted by Crippen LogP contribution is 2.20. The average Bonchev–Trinajstić information content (AvgIpc) is 2.57. The van der Waals surface area contributed by atoms with Gasteiger partial charge in [-0.25, -0.2) is 0 Å². The van der Waals surface area contributed by atoms with Crippen molar-refractivity contribution in [2.45, 2.75) is 13.3 Å². The lowest BCUT2D eigenvalue weighted by molar-refractivity contribution is -0.125. The molecular weight excluding hydrogens is 272 g/mol. The Morgan fingerprint density at radius 2 is 2.31 bits per heavy atom. The van der Waals surface area contributed by atoms with E-state index in [-0.39, 0.29) is 17.7 Å². The molecular formula is C11H11BrN2O2. The summed E-state index contributed by atoms with van der Waals surface area (Å²) in [5.41, 5.74) is 0.442. The topological polar surface area (TPSA) is 50.3 Å². The molecule has 1 unspecified atom stereocenters. The Morgan fingerprint density at radius 1 is 1.56 bits per heavy atom. The van der Waals surface area contributed by atoms with Crippen molar-refractivity contribution in [1.82, 2.24) is 9.88 Å². The molecule has 1 atom stereocenters. The molecule has 0 aromatic carbocycles. The van der Waals surface area contributed by atoms with E-state index < -0.39 is 0 Å². The van der Waals surface area contributed by atoms with Crippen LogP contribution in [0.4, 0.5) is 0 Å². The fourth-order valence-electron chi connectivity index (χ4n) is 1.77. The zero-order valence-electron chi connectivity index (χ0n) is 8.81. The summed E-state index contributed by atoms with van der Waals surface area (Å²) < 4.78 is 0.734. The number of hydrogen-bond acceptors (Lipinski definition) is 3. The third-order valence-electron chi connectivity index (χ3n) is 2.52. The number of imide groups is 1. The Bertz CT molecular complexity index is 447. The minimum Gasteiger partial charge on any atom is -0.278 e. The summed E-state index contributed by atoms with van der Waals surface area (Å²) in [6, 6.07) is 1.67. The first kappa shape index (κ1) is 11.3. The van der Waals surface area contributed by atoms with Crippen molar-refractivity contribution in [3.63, 3.8) is 0 Å². The first-order valence-electron chi connectivity index (χ1n) is 5.03. The van der Waals surface area contributed by atoms with Crippen LogP contribution in [0, 0.1) is 5.92 Å². The lowest BCUT2D eigenvalue weighted by Crippen LogP contribution is -2.32. The van der Waals surface area contributed by atoms with Gasteiger partial charge in [-0.05, 0) is 27.9 Å². The van der Waals surface area contributed by atoms with Crippen LogP contribution in [0.1, 0.15) is 23.7 Å². The third kappa shape index (κ3) is 2.14. The van der Waals surface area contributed by atoms with Crippen molar-refractivity contribution in [3.05, 3.63) is 28.5 Å². The van der Waals surface area contributed by atoms with Crippen molar-refractivity contribution in [2.24, 2.45) is 5.92 Å². The van der Waals surface area contributed by atoms with Crippen molar-refractivity contribution < 1.29 is 9.59 Å². The summed E-state index contributed by atoms with van der Waals surface area (Å²) in [7, 11) is 0. The lowest BCUT2D eigenvalue weighted by atomic mass is 10.2. The van der Waals surface area contributed by atoms with Gasteiger partial charge in [-0.3, -0.25) is 19.5 Å². The lowest BCUT2D eigenvalue weighted by Gasteiger charge is -2.13. The minimum atomic E-state index is -0.261. The maximum atomic E-state index is 12.0. The van der Waals surface area contributed by atoms with Crippen molar-refractivity contribution in [2.75, 3.05) is 6.54 Å². The number of nitrogens with zero attached hydrogens (tertiary/aromatic N) is 2. The van der Waals surface area contributed by atoms with Gasteiger partial charge in [0.25, 0.3) is 5.91 Å². The Morgan fingerprint density at radius 3 is 2.88 bits per heavy atom. The average molecular weight is 283 g/mol. The molecule has 1 aromatic rings. The summed E-state index contributed by atoms with van der Waals surface area (Å²) in [5, 5.41) is 0. The van der Waals surface area contributed by atoms with E-state index in [1.807, 2.05) is 6.92 Å². The zero-order chi connectivity index (χ0) is 11.7. The number of amides is 2. The molecule has 2 amide bonds. The number of hydrogen-bond donors (Lipinski definition) is 0. The Kier molecular flexibility index (Phi) is 3.05. The smallest absolute Gasteiger partial charge is 0.262 e. The van der Waals surface area contributed by atoms with Crippen LogP contribution in [-0.4, -0.2) is 28.2 Å². The number of halogens is 1. The van der Waals surface area contributed by atoms with Crippen LogP contribution in [-0.2, 0) is 4.79 Å². The number of pyridine rings is 1. The SMILES string of the molecule is CC1CC(=O)N(C(=O)c2cncc(Br)c2)C1. The largest absolute Gasteiger partial charge is 0.278 e. The molecule has 1 saturated heterocycles. The monoisotopic (exact) mass is 282 g/mol. The van der Waals surface area contributed by atoms with Crippen LogP contribution in [0.3, 0.4) is 0 Å². The number of carbonyl (C=O) groups excluding carboxylic acids is 2. The highest BCUT2D eigenvalue weighted by atomic mass is 79.9. The van der Waals surface area contributed by atoms with E-state index in [2.05, 4.69) is 20.9 Å². The molecule has 4 nitrogen and oxygen atoms in total. The van der Waals surface area contributed by atoms with Crippen LogP contribution in [0.5, 0.6) is 0 Å².